The molecule has 5 heteroatoms. The minimum Gasteiger partial charge on any atom is -0.377 e. The molecular formula is C17H26O4S. The molecule has 1 aromatic carbocycles. The molecule has 0 atom stereocenters. The largest absolute Gasteiger partial charge is 0.377 e. The average molecular weight is 326 g/mol. The van der Waals surface area contributed by atoms with Gasteiger partial charge in [-0.25, -0.2) is 0 Å². The summed E-state index contributed by atoms with van der Waals surface area (Å²) >= 11 is 0. The highest BCUT2D eigenvalue weighted by atomic mass is 32.2. The molecule has 1 aliphatic rings. The maximum Gasteiger partial charge on any atom is 0.273 e. The van der Waals surface area contributed by atoms with Crippen molar-refractivity contribution in [3.05, 3.63) is 35.9 Å². The molecule has 1 saturated carbocycles. The van der Waals surface area contributed by atoms with Gasteiger partial charge in [-0.15, -0.1) is 0 Å². The molecule has 4 nitrogen and oxygen atoms in total. The van der Waals surface area contributed by atoms with E-state index < -0.39 is 14.9 Å². The maximum atomic E-state index is 12.2. The van der Waals surface area contributed by atoms with Crippen molar-refractivity contribution in [1.29, 1.82) is 0 Å². The highest BCUT2D eigenvalue weighted by Gasteiger charge is 2.54. The van der Waals surface area contributed by atoms with Crippen molar-refractivity contribution < 1.29 is 17.3 Å². The zero-order valence-electron chi connectivity index (χ0n) is 13.5. The van der Waals surface area contributed by atoms with E-state index in [1.807, 2.05) is 44.2 Å². The average Bonchev–Trinajstić information content (AvgIpc) is 3.28. The molecule has 0 aliphatic heterocycles. The molecule has 0 N–H and O–H groups in total. The van der Waals surface area contributed by atoms with Gasteiger partial charge in [0.25, 0.3) is 10.1 Å². The first-order valence-corrected chi connectivity index (χ1v) is 9.37. The molecule has 124 valence electrons. The molecule has 1 aromatic rings. The van der Waals surface area contributed by atoms with E-state index in [9.17, 15) is 8.42 Å². The fraction of sp³-hybridized carbons (Fsp3) is 0.647. The van der Waals surface area contributed by atoms with Crippen LogP contribution in [0, 0.1) is 5.92 Å². The highest BCUT2D eigenvalue weighted by molar-refractivity contribution is 7.88. The number of benzene rings is 1. The maximum absolute atomic E-state index is 12.2. The third-order valence-corrected chi connectivity index (χ3v) is 6.05. The Hall–Kier alpha value is -0.910. The Balaban J connectivity index is 1.70. The molecule has 1 fully saturated rings. The van der Waals surface area contributed by atoms with Crippen molar-refractivity contribution >= 4 is 10.1 Å². The lowest BCUT2D eigenvalue weighted by Gasteiger charge is -2.17. The van der Waals surface area contributed by atoms with Crippen LogP contribution in [-0.2, 0) is 25.6 Å². The van der Waals surface area contributed by atoms with E-state index in [1.54, 1.807) is 0 Å². The Morgan fingerprint density at radius 3 is 2.45 bits per heavy atom. The van der Waals surface area contributed by atoms with E-state index in [0.29, 0.717) is 32.5 Å². The van der Waals surface area contributed by atoms with Gasteiger partial charge in [0.1, 0.15) is 0 Å². The molecule has 0 radical (unpaired) electrons. The predicted octanol–water partition coefficient (Wildman–Crippen LogP) is 3.52. The van der Waals surface area contributed by atoms with Gasteiger partial charge in [0.05, 0.1) is 18.0 Å². The third kappa shape index (κ3) is 4.80. The first-order chi connectivity index (χ1) is 10.5. The van der Waals surface area contributed by atoms with E-state index in [2.05, 4.69) is 0 Å². The smallest absolute Gasteiger partial charge is 0.273 e. The van der Waals surface area contributed by atoms with Gasteiger partial charge in [-0.05, 0) is 37.2 Å². The fourth-order valence-corrected chi connectivity index (χ4v) is 4.07. The predicted molar refractivity (Wildman–Crippen MR) is 87.0 cm³/mol. The third-order valence-electron chi connectivity index (χ3n) is 3.93. The monoisotopic (exact) mass is 326 g/mol. The van der Waals surface area contributed by atoms with Crippen molar-refractivity contribution in [2.75, 3.05) is 13.2 Å². The van der Waals surface area contributed by atoms with Crippen LogP contribution in [0.25, 0.3) is 0 Å². The minimum absolute atomic E-state index is 0.222. The van der Waals surface area contributed by atoms with Crippen LogP contribution >= 0.6 is 0 Å². The summed E-state index contributed by atoms with van der Waals surface area (Å²) in [7, 11) is -3.44. The van der Waals surface area contributed by atoms with Crippen molar-refractivity contribution in [2.45, 2.75) is 50.9 Å². The molecule has 0 spiro atoms. The van der Waals surface area contributed by atoms with Gasteiger partial charge in [0, 0.05) is 6.61 Å². The SMILES string of the molecule is CC(C)COS(=O)(=O)C1(CCCOCc2ccccc2)CC1. The number of hydrogen-bond acceptors (Lipinski definition) is 4. The topological polar surface area (TPSA) is 52.6 Å². The van der Waals surface area contributed by atoms with E-state index in [1.165, 1.54) is 0 Å². The summed E-state index contributed by atoms with van der Waals surface area (Å²) in [5.41, 5.74) is 1.14. The minimum atomic E-state index is -3.44. The molecule has 22 heavy (non-hydrogen) atoms. The van der Waals surface area contributed by atoms with Crippen molar-refractivity contribution in [1.82, 2.24) is 0 Å². The first-order valence-electron chi connectivity index (χ1n) is 7.96. The molecule has 1 aliphatic carbocycles. The lowest BCUT2D eigenvalue weighted by Crippen LogP contribution is -2.27. The van der Waals surface area contributed by atoms with E-state index in [4.69, 9.17) is 8.92 Å². The first kappa shape index (κ1) is 17.4. The van der Waals surface area contributed by atoms with Crippen molar-refractivity contribution in [2.24, 2.45) is 5.92 Å². The van der Waals surface area contributed by atoms with Gasteiger partial charge in [-0.3, -0.25) is 4.18 Å². The zero-order chi connectivity index (χ0) is 16.1. The Morgan fingerprint density at radius 1 is 1.18 bits per heavy atom. The van der Waals surface area contributed by atoms with Crippen molar-refractivity contribution in [3.8, 4) is 0 Å². The highest BCUT2D eigenvalue weighted by Crippen LogP contribution is 2.48. The second-order valence-electron chi connectivity index (χ2n) is 6.46. The Bertz CT molecular complexity index is 547. The van der Waals surface area contributed by atoms with Crippen LogP contribution in [0.2, 0.25) is 0 Å². The normalized spacial score (nSPS) is 16.9. The molecule has 0 aromatic heterocycles. The van der Waals surface area contributed by atoms with Gasteiger partial charge in [-0.1, -0.05) is 44.2 Å². The number of rotatable bonds is 10. The Morgan fingerprint density at radius 2 is 1.86 bits per heavy atom. The van der Waals surface area contributed by atoms with E-state index in [-0.39, 0.29) is 12.5 Å². The summed E-state index contributed by atoms with van der Waals surface area (Å²) in [5, 5.41) is 0. The zero-order valence-corrected chi connectivity index (χ0v) is 14.3. The summed E-state index contributed by atoms with van der Waals surface area (Å²) < 4.78 is 34.6. The summed E-state index contributed by atoms with van der Waals surface area (Å²) in [5.74, 6) is 0.222. The molecule has 2 rings (SSSR count). The van der Waals surface area contributed by atoms with Gasteiger partial charge in [-0.2, -0.15) is 8.42 Å². The molecular weight excluding hydrogens is 300 g/mol. The van der Waals surface area contributed by atoms with Gasteiger partial charge in [0.2, 0.25) is 0 Å². The summed E-state index contributed by atoms with van der Waals surface area (Å²) in [4.78, 5) is 0. The van der Waals surface area contributed by atoms with Crippen LogP contribution in [0.3, 0.4) is 0 Å². The molecule has 0 unspecified atom stereocenters. The van der Waals surface area contributed by atoms with Crippen LogP contribution in [0.1, 0.15) is 45.1 Å². The Kier molecular flexibility index (Phi) is 6.01. The number of hydrogen-bond donors (Lipinski definition) is 0. The summed E-state index contributed by atoms with van der Waals surface area (Å²) in [6.07, 6.45) is 2.80. The quantitative estimate of drug-likeness (QED) is 0.488. The lowest BCUT2D eigenvalue weighted by atomic mass is 10.2. The van der Waals surface area contributed by atoms with Gasteiger partial charge >= 0.3 is 0 Å². The van der Waals surface area contributed by atoms with Crippen LogP contribution in [0.5, 0.6) is 0 Å². The summed E-state index contributed by atoms with van der Waals surface area (Å²) in [6.45, 7) is 5.33. The second-order valence-corrected chi connectivity index (χ2v) is 8.47. The standard InChI is InChI=1S/C17H26O4S/c1-15(2)13-21-22(18,19)17(10-11-17)9-6-12-20-14-16-7-4-3-5-8-16/h3-5,7-8,15H,6,9-14H2,1-2H3. The van der Waals surface area contributed by atoms with Crippen LogP contribution in [0.4, 0.5) is 0 Å². The number of ether oxygens (including phenoxy) is 1. The lowest BCUT2D eigenvalue weighted by molar-refractivity contribution is 0.116. The second kappa shape index (κ2) is 7.57. The molecule has 0 amide bonds. The molecule has 0 saturated heterocycles. The van der Waals surface area contributed by atoms with E-state index in [0.717, 1.165) is 12.0 Å². The summed E-state index contributed by atoms with van der Waals surface area (Å²) in [6, 6.07) is 9.98. The van der Waals surface area contributed by atoms with Crippen molar-refractivity contribution in [3.63, 3.8) is 0 Å². The Labute approximate surface area is 134 Å². The fourth-order valence-electron chi connectivity index (χ4n) is 2.38. The van der Waals surface area contributed by atoms with E-state index >= 15 is 0 Å². The van der Waals surface area contributed by atoms with Crippen LogP contribution < -0.4 is 0 Å². The molecule has 0 bridgehead atoms. The molecule has 0 heterocycles. The van der Waals surface area contributed by atoms with Gasteiger partial charge in [0.15, 0.2) is 0 Å². The van der Waals surface area contributed by atoms with Crippen LogP contribution in [-0.4, -0.2) is 26.4 Å². The van der Waals surface area contributed by atoms with Gasteiger partial charge < -0.3 is 4.74 Å². The van der Waals surface area contributed by atoms with Crippen LogP contribution in [0.15, 0.2) is 30.3 Å².